The number of likely N-dealkylation sites (N-methyl/N-ethyl adjacent to an activating group) is 1. The number of carbonyl (C=O) groups excluding carboxylic acids is 1. The van der Waals surface area contributed by atoms with E-state index in [0.29, 0.717) is 19.1 Å². The van der Waals surface area contributed by atoms with E-state index in [2.05, 4.69) is 34.9 Å². The molecule has 0 aromatic heterocycles. The van der Waals surface area contributed by atoms with E-state index in [-0.39, 0.29) is 42.5 Å². The van der Waals surface area contributed by atoms with Crippen LogP contribution in [0.25, 0.3) is 0 Å². The molecular weight excluding hydrogens is 503 g/mol. The van der Waals surface area contributed by atoms with Crippen LogP contribution in [0.1, 0.15) is 25.0 Å². The van der Waals surface area contributed by atoms with Gasteiger partial charge in [0.05, 0.1) is 19.7 Å². The number of halogens is 1. The topological polar surface area (TPSA) is 75.2 Å². The van der Waals surface area contributed by atoms with Gasteiger partial charge in [0.1, 0.15) is 17.6 Å². The van der Waals surface area contributed by atoms with Crippen LogP contribution in [-0.2, 0) is 17.8 Å². The van der Waals surface area contributed by atoms with Gasteiger partial charge in [0.25, 0.3) is 0 Å². The van der Waals surface area contributed by atoms with Crippen LogP contribution in [0.3, 0.4) is 0 Å². The van der Waals surface area contributed by atoms with Crippen molar-refractivity contribution in [2.45, 2.75) is 32.9 Å². The highest BCUT2D eigenvalue weighted by Gasteiger charge is 2.21. The molecule has 1 amide bonds. The van der Waals surface area contributed by atoms with Crippen LogP contribution in [0.15, 0.2) is 17.1 Å². The second-order valence-corrected chi connectivity index (χ2v) is 7.84. The summed E-state index contributed by atoms with van der Waals surface area (Å²) in [5.74, 6) is 3.32. The maximum atomic E-state index is 11.9. The lowest BCUT2D eigenvalue weighted by molar-refractivity contribution is -0.127. The first-order chi connectivity index (χ1) is 13.4. The molecule has 1 aromatic carbocycles. The standard InChI is InChI=1S/C20H32N4O3S.HI/c1-6-26-17-10-15-9-14(2)27-18(15)11-16(17)12-22-20(21-7-8-28-5)23-13-19(25)24(3)4;/h10-11,14H,6-9,12-13H2,1-5H3,(H2,21,22,23);1H. The quantitative estimate of drug-likeness (QED) is 0.219. The van der Waals surface area contributed by atoms with E-state index < -0.39 is 0 Å². The van der Waals surface area contributed by atoms with Crippen molar-refractivity contribution in [1.29, 1.82) is 0 Å². The number of ether oxygens (including phenoxy) is 2. The molecule has 1 aromatic rings. The Hall–Kier alpha value is -1.36. The van der Waals surface area contributed by atoms with Gasteiger partial charge in [0, 0.05) is 43.9 Å². The number of hydrogen-bond acceptors (Lipinski definition) is 5. The fraction of sp³-hybridized carbons (Fsp3) is 0.600. The molecule has 1 heterocycles. The first-order valence-corrected chi connectivity index (χ1v) is 11.0. The average Bonchev–Trinajstić information content (AvgIpc) is 3.02. The molecule has 0 radical (unpaired) electrons. The van der Waals surface area contributed by atoms with Crippen molar-refractivity contribution in [1.82, 2.24) is 15.5 Å². The van der Waals surface area contributed by atoms with E-state index in [0.717, 1.165) is 35.8 Å². The van der Waals surface area contributed by atoms with Gasteiger partial charge in [-0.2, -0.15) is 11.8 Å². The van der Waals surface area contributed by atoms with Gasteiger partial charge < -0.3 is 25.0 Å². The lowest BCUT2D eigenvalue weighted by atomic mass is 10.1. The van der Waals surface area contributed by atoms with Crippen molar-refractivity contribution in [3.8, 4) is 11.5 Å². The van der Waals surface area contributed by atoms with Gasteiger partial charge in [-0.3, -0.25) is 4.79 Å². The number of carbonyl (C=O) groups is 1. The number of rotatable bonds is 9. The van der Waals surface area contributed by atoms with Crippen LogP contribution in [0.5, 0.6) is 11.5 Å². The number of benzene rings is 1. The second kappa shape index (κ2) is 13.0. The van der Waals surface area contributed by atoms with E-state index in [1.54, 1.807) is 30.8 Å². The molecule has 29 heavy (non-hydrogen) atoms. The highest BCUT2D eigenvalue weighted by Crippen LogP contribution is 2.35. The molecule has 2 N–H and O–H groups in total. The summed E-state index contributed by atoms with van der Waals surface area (Å²) in [7, 11) is 3.48. The first-order valence-electron chi connectivity index (χ1n) is 9.61. The Morgan fingerprint density at radius 1 is 1.38 bits per heavy atom. The number of nitrogens with one attached hydrogen (secondary N) is 2. The molecule has 1 aliphatic heterocycles. The molecule has 0 saturated carbocycles. The third kappa shape index (κ3) is 8.12. The Labute approximate surface area is 195 Å². The van der Waals surface area contributed by atoms with Crippen molar-refractivity contribution in [3.63, 3.8) is 0 Å². The molecule has 7 nitrogen and oxygen atoms in total. The van der Waals surface area contributed by atoms with Crippen molar-refractivity contribution < 1.29 is 14.3 Å². The van der Waals surface area contributed by atoms with Crippen LogP contribution >= 0.6 is 35.7 Å². The maximum absolute atomic E-state index is 11.9. The minimum atomic E-state index is -0.00529. The summed E-state index contributed by atoms with van der Waals surface area (Å²) in [6.07, 6.45) is 3.14. The van der Waals surface area contributed by atoms with Crippen molar-refractivity contribution >= 4 is 47.6 Å². The Bertz CT molecular complexity index is 701. The number of hydrogen-bond donors (Lipinski definition) is 2. The predicted octanol–water partition coefficient (Wildman–Crippen LogP) is 2.51. The van der Waals surface area contributed by atoms with Crippen LogP contribution in [-0.4, -0.2) is 68.7 Å². The minimum absolute atomic E-state index is 0. The number of fused-ring (bicyclic) bond motifs is 1. The molecule has 0 spiro atoms. The summed E-state index contributed by atoms with van der Waals surface area (Å²) >= 11 is 1.75. The van der Waals surface area contributed by atoms with E-state index in [9.17, 15) is 4.79 Å². The number of nitrogens with zero attached hydrogens (tertiary/aromatic N) is 2. The highest BCUT2D eigenvalue weighted by atomic mass is 127. The molecule has 1 atom stereocenters. The Balaban J connectivity index is 0.00000420. The maximum Gasteiger partial charge on any atom is 0.241 e. The van der Waals surface area contributed by atoms with Crippen LogP contribution in [0, 0.1) is 0 Å². The first kappa shape index (κ1) is 25.7. The number of aliphatic imine (C=N–C) groups is 1. The summed E-state index contributed by atoms with van der Waals surface area (Å²) in [5.41, 5.74) is 2.15. The van der Waals surface area contributed by atoms with Gasteiger partial charge >= 0.3 is 0 Å². The fourth-order valence-electron chi connectivity index (χ4n) is 2.82. The minimum Gasteiger partial charge on any atom is -0.494 e. The number of guanidine groups is 1. The largest absolute Gasteiger partial charge is 0.494 e. The predicted molar refractivity (Wildman–Crippen MR) is 131 cm³/mol. The Morgan fingerprint density at radius 3 is 2.79 bits per heavy atom. The molecule has 0 saturated heterocycles. The number of thioether (sulfide) groups is 1. The molecule has 0 bridgehead atoms. The van der Waals surface area contributed by atoms with Crippen LogP contribution in [0.4, 0.5) is 0 Å². The van der Waals surface area contributed by atoms with Crippen molar-refractivity contribution in [3.05, 3.63) is 23.3 Å². The summed E-state index contributed by atoms with van der Waals surface area (Å²) in [5, 5.41) is 6.38. The summed E-state index contributed by atoms with van der Waals surface area (Å²) < 4.78 is 11.7. The van der Waals surface area contributed by atoms with Crippen LogP contribution in [0.2, 0.25) is 0 Å². The summed E-state index contributed by atoms with van der Waals surface area (Å²) in [4.78, 5) is 18.1. The molecule has 9 heteroatoms. The van der Waals surface area contributed by atoms with Gasteiger partial charge in [-0.1, -0.05) is 0 Å². The van der Waals surface area contributed by atoms with Crippen molar-refractivity contribution in [2.75, 3.05) is 45.8 Å². The summed E-state index contributed by atoms with van der Waals surface area (Å²) in [6, 6.07) is 4.09. The SMILES string of the molecule is CCOc1cc2c(cc1CN=C(NCCSC)NCC(=O)N(C)C)OC(C)C2.I. The molecule has 0 aliphatic carbocycles. The van der Waals surface area contributed by atoms with Gasteiger partial charge in [-0.05, 0) is 32.2 Å². The fourth-order valence-corrected chi connectivity index (χ4v) is 3.13. The van der Waals surface area contributed by atoms with Gasteiger partial charge in [-0.15, -0.1) is 24.0 Å². The normalized spacial score (nSPS) is 15.1. The zero-order valence-electron chi connectivity index (χ0n) is 17.9. The van der Waals surface area contributed by atoms with E-state index in [1.165, 1.54) is 5.56 Å². The van der Waals surface area contributed by atoms with Gasteiger partial charge in [-0.25, -0.2) is 4.99 Å². The van der Waals surface area contributed by atoms with Gasteiger partial charge in [0.2, 0.25) is 5.91 Å². The highest BCUT2D eigenvalue weighted by molar-refractivity contribution is 14.0. The molecular formula is C20H33IN4O3S. The molecule has 1 unspecified atom stereocenters. The average molecular weight is 536 g/mol. The molecule has 1 aliphatic rings. The third-order valence-electron chi connectivity index (χ3n) is 4.29. The van der Waals surface area contributed by atoms with E-state index in [1.807, 2.05) is 13.0 Å². The second-order valence-electron chi connectivity index (χ2n) is 6.86. The van der Waals surface area contributed by atoms with Gasteiger partial charge in [0.15, 0.2) is 5.96 Å². The van der Waals surface area contributed by atoms with Crippen molar-refractivity contribution in [2.24, 2.45) is 4.99 Å². The molecule has 2 rings (SSSR count). The van der Waals surface area contributed by atoms with E-state index in [4.69, 9.17) is 9.47 Å². The Kier molecular flexibility index (Phi) is 11.6. The lowest BCUT2D eigenvalue weighted by Gasteiger charge is -2.15. The van der Waals surface area contributed by atoms with Crippen LogP contribution < -0.4 is 20.1 Å². The lowest BCUT2D eigenvalue weighted by Crippen LogP contribution is -2.43. The molecule has 0 fully saturated rings. The molecule has 164 valence electrons. The van der Waals surface area contributed by atoms with E-state index >= 15 is 0 Å². The number of amides is 1. The third-order valence-corrected chi connectivity index (χ3v) is 4.90. The Morgan fingerprint density at radius 2 is 2.14 bits per heavy atom. The smallest absolute Gasteiger partial charge is 0.241 e. The monoisotopic (exact) mass is 536 g/mol. The zero-order chi connectivity index (χ0) is 20.5. The summed E-state index contributed by atoms with van der Waals surface area (Å²) in [6.45, 7) is 6.04. The zero-order valence-corrected chi connectivity index (χ0v) is 21.1.